The smallest absolute Gasteiger partial charge is 0.250 e. The first kappa shape index (κ1) is 32.1. The highest BCUT2D eigenvalue weighted by Crippen LogP contribution is 2.30. The Labute approximate surface area is 262 Å². The zero-order valence-corrected chi connectivity index (χ0v) is 27.2. The van der Waals surface area contributed by atoms with Crippen molar-refractivity contribution >= 4 is 60.9 Å². The van der Waals surface area contributed by atoms with Gasteiger partial charge in [-0.1, -0.05) is 11.6 Å². The summed E-state index contributed by atoms with van der Waals surface area (Å²) in [6.07, 6.45) is 4.61. The van der Waals surface area contributed by atoms with Crippen molar-refractivity contribution in [2.45, 2.75) is 68.7 Å². The molecule has 14 heteroatoms. The summed E-state index contributed by atoms with van der Waals surface area (Å²) in [5, 5.41) is 0.274. The van der Waals surface area contributed by atoms with Crippen LogP contribution < -0.4 is 4.72 Å². The predicted octanol–water partition coefficient (Wildman–Crippen LogP) is 2.79. The molecular formula is C29H41ClN6O5S2. The third-order valence-corrected chi connectivity index (χ3v) is 12.1. The SMILES string of the molecule is CCN(CC)C(=O)C1CCCN(C[C@@H]2CCCN2C(=O)CN2CCC[C@H](NS(=O)(=O)c3cc4nc(Cl)ccc4s3)C2=O)C1. The van der Waals surface area contributed by atoms with Crippen molar-refractivity contribution in [2.24, 2.45) is 5.92 Å². The fourth-order valence-corrected chi connectivity index (χ4v) is 9.30. The molecule has 3 aliphatic rings. The Morgan fingerprint density at radius 1 is 1.09 bits per heavy atom. The summed E-state index contributed by atoms with van der Waals surface area (Å²) >= 11 is 7.02. The van der Waals surface area contributed by atoms with Gasteiger partial charge in [0.25, 0.3) is 10.0 Å². The van der Waals surface area contributed by atoms with Gasteiger partial charge < -0.3 is 19.6 Å². The minimum atomic E-state index is -3.97. The molecule has 0 bridgehead atoms. The second kappa shape index (κ2) is 13.8. The van der Waals surface area contributed by atoms with Crippen LogP contribution in [-0.4, -0.2) is 115 Å². The summed E-state index contributed by atoms with van der Waals surface area (Å²) in [4.78, 5) is 51.6. The summed E-state index contributed by atoms with van der Waals surface area (Å²) < 4.78 is 29.7. The number of rotatable bonds is 10. The van der Waals surface area contributed by atoms with Crippen molar-refractivity contribution in [3.63, 3.8) is 0 Å². The first-order valence-electron chi connectivity index (χ1n) is 15.3. The highest BCUT2D eigenvalue weighted by atomic mass is 35.5. The Morgan fingerprint density at radius 3 is 2.60 bits per heavy atom. The lowest BCUT2D eigenvalue weighted by Gasteiger charge is -2.38. The number of amides is 3. The molecule has 0 saturated carbocycles. The van der Waals surface area contributed by atoms with E-state index in [1.165, 1.54) is 11.0 Å². The number of nitrogens with one attached hydrogen (secondary N) is 1. The molecular weight excluding hydrogens is 612 g/mol. The van der Waals surface area contributed by atoms with Gasteiger partial charge in [-0.25, -0.2) is 13.4 Å². The molecule has 2 aromatic heterocycles. The maximum absolute atomic E-state index is 13.5. The third kappa shape index (κ3) is 7.33. The van der Waals surface area contributed by atoms with Crippen molar-refractivity contribution in [3.05, 3.63) is 23.4 Å². The molecule has 0 aromatic carbocycles. The Kier molecular flexibility index (Phi) is 10.3. The Bertz CT molecular complexity index is 1450. The van der Waals surface area contributed by atoms with Crippen LogP contribution in [-0.2, 0) is 24.4 Å². The van der Waals surface area contributed by atoms with E-state index in [9.17, 15) is 22.8 Å². The van der Waals surface area contributed by atoms with Gasteiger partial charge in [-0.05, 0) is 77.1 Å². The average molecular weight is 653 g/mol. The maximum Gasteiger partial charge on any atom is 0.250 e. The molecule has 3 saturated heterocycles. The van der Waals surface area contributed by atoms with Crippen LogP contribution >= 0.6 is 22.9 Å². The Morgan fingerprint density at radius 2 is 1.84 bits per heavy atom. The number of fused-ring (bicyclic) bond motifs is 1. The molecule has 1 N–H and O–H groups in total. The van der Waals surface area contributed by atoms with Crippen LogP contribution in [0.5, 0.6) is 0 Å². The van der Waals surface area contributed by atoms with E-state index in [4.69, 9.17) is 11.6 Å². The number of thiophene rings is 1. The minimum absolute atomic E-state index is 0.00693. The monoisotopic (exact) mass is 652 g/mol. The van der Waals surface area contributed by atoms with Crippen LogP contribution in [0.2, 0.25) is 5.15 Å². The van der Waals surface area contributed by atoms with E-state index in [2.05, 4.69) is 14.6 Å². The van der Waals surface area contributed by atoms with E-state index in [0.29, 0.717) is 55.8 Å². The molecule has 1 unspecified atom stereocenters. The molecule has 2 aromatic rings. The van der Waals surface area contributed by atoms with E-state index >= 15 is 0 Å². The number of carbonyl (C=O) groups excluding carboxylic acids is 3. The quantitative estimate of drug-likeness (QED) is 0.392. The van der Waals surface area contributed by atoms with E-state index in [-0.39, 0.29) is 45.6 Å². The van der Waals surface area contributed by atoms with Crippen LogP contribution in [0.4, 0.5) is 0 Å². The number of sulfonamides is 1. The summed E-state index contributed by atoms with van der Waals surface area (Å²) in [6, 6.07) is 3.89. The lowest BCUT2D eigenvalue weighted by Crippen LogP contribution is -2.55. The number of hydrogen-bond donors (Lipinski definition) is 1. The summed E-state index contributed by atoms with van der Waals surface area (Å²) in [7, 11) is -3.97. The molecule has 0 aliphatic carbocycles. The lowest BCUT2D eigenvalue weighted by atomic mass is 9.96. The number of likely N-dealkylation sites (tertiary alicyclic amines) is 3. The number of aromatic nitrogens is 1. The third-order valence-electron chi connectivity index (χ3n) is 8.83. The number of piperidine rings is 2. The summed E-state index contributed by atoms with van der Waals surface area (Å²) in [6.45, 7) is 8.77. The molecule has 11 nitrogen and oxygen atoms in total. The normalized spacial score (nSPS) is 23.7. The molecule has 236 valence electrons. The standard InChI is InChI=1S/C29H41ClN6O5S2/c1-3-34(4-2)28(38)20-8-5-13-33(17-20)18-21-9-6-15-36(21)26(37)19-35-14-7-10-22(29(35)39)32-43(40,41)27-16-23-24(42-27)11-12-25(30)31-23/h11-12,16,20-22,32H,3-10,13-15,17-19H2,1-2H3/t20?,21-,22-/m0/s1. The highest BCUT2D eigenvalue weighted by Gasteiger charge is 2.37. The average Bonchev–Trinajstić information content (AvgIpc) is 3.63. The molecule has 5 heterocycles. The van der Waals surface area contributed by atoms with Gasteiger partial charge in [0.1, 0.15) is 15.4 Å². The Hall–Kier alpha value is -2.32. The zero-order chi connectivity index (χ0) is 30.7. The van der Waals surface area contributed by atoms with E-state index in [1.54, 1.807) is 12.1 Å². The molecule has 5 rings (SSSR count). The fraction of sp³-hybridized carbons (Fsp3) is 0.655. The summed E-state index contributed by atoms with van der Waals surface area (Å²) in [5.74, 6) is -0.279. The topological polar surface area (TPSA) is 123 Å². The minimum Gasteiger partial charge on any atom is -0.343 e. The van der Waals surface area contributed by atoms with Crippen LogP contribution in [0, 0.1) is 5.92 Å². The molecule has 3 aliphatic heterocycles. The van der Waals surface area contributed by atoms with E-state index in [0.717, 1.165) is 50.1 Å². The van der Waals surface area contributed by atoms with Gasteiger partial charge in [0, 0.05) is 45.3 Å². The van der Waals surface area contributed by atoms with E-state index < -0.39 is 16.1 Å². The molecule has 3 fully saturated rings. The molecule has 0 radical (unpaired) electrons. The van der Waals surface area contributed by atoms with Crippen LogP contribution in [0.3, 0.4) is 0 Å². The van der Waals surface area contributed by atoms with Crippen molar-refractivity contribution in [1.82, 2.24) is 29.3 Å². The van der Waals surface area contributed by atoms with Gasteiger partial charge in [-0.15, -0.1) is 11.3 Å². The highest BCUT2D eigenvalue weighted by molar-refractivity contribution is 7.91. The van der Waals surface area contributed by atoms with Gasteiger partial charge in [0.05, 0.1) is 22.7 Å². The second-order valence-corrected chi connectivity index (χ2v) is 15.1. The lowest BCUT2D eigenvalue weighted by molar-refractivity contribution is -0.143. The molecule has 0 spiro atoms. The van der Waals surface area contributed by atoms with Gasteiger partial charge in [-0.2, -0.15) is 4.72 Å². The molecule has 3 atom stereocenters. The van der Waals surface area contributed by atoms with Gasteiger partial charge in [0.15, 0.2) is 0 Å². The Balaban J connectivity index is 1.18. The number of nitrogens with zero attached hydrogens (tertiary/aromatic N) is 5. The maximum atomic E-state index is 13.5. The number of hydrogen-bond acceptors (Lipinski definition) is 8. The first-order valence-corrected chi connectivity index (χ1v) is 17.9. The van der Waals surface area contributed by atoms with Crippen molar-refractivity contribution < 1.29 is 22.8 Å². The zero-order valence-electron chi connectivity index (χ0n) is 24.8. The van der Waals surface area contributed by atoms with Crippen molar-refractivity contribution in [2.75, 3.05) is 52.4 Å². The first-order chi connectivity index (χ1) is 20.6. The largest absolute Gasteiger partial charge is 0.343 e. The summed E-state index contributed by atoms with van der Waals surface area (Å²) in [5.41, 5.74) is 0.482. The van der Waals surface area contributed by atoms with Gasteiger partial charge in [-0.3, -0.25) is 14.4 Å². The van der Waals surface area contributed by atoms with Crippen LogP contribution in [0.25, 0.3) is 10.2 Å². The van der Waals surface area contributed by atoms with Crippen LogP contribution in [0.1, 0.15) is 52.4 Å². The fourth-order valence-electron chi connectivity index (χ4n) is 6.58. The van der Waals surface area contributed by atoms with E-state index in [1.807, 2.05) is 23.6 Å². The van der Waals surface area contributed by atoms with Crippen molar-refractivity contribution in [3.8, 4) is 0 Å². The van der Waals surface area contributed by atoms with Crippen molar-refractivity contribution in [1.29, 1.82) is 0 Å². The molecule has 3 amide bonds. The van der Waals surface area contributed by atoms with Crippen LogP contribution in [0.15, 0.2) is 22.4 Å². The predicted molar refractivity (Wildman–Crippen MR) is 166 cm³/mol. The van der Waals surface area contributed by atoms with Gasteiger partial charge in [0.2, 0.25) is 17.7 Å². The molecule has 43 heavy (non-hydrogen) atoms. The number of pyridine rings is 1. The van der Waals surface area contributed by atoms with Gasteiger partial charge >= 0.3 is 0 Å². The number of carbonyl (C=O) groups is 3. The number of halogens is 1. The second-order valence-electron chi connectivity index (χ2n) is 11.7.